The maximum absolute atomic E-state index is 10.6. The Kier molecular flexibility index (Phi) is 3.67. The van der Waals surface area contributed by atoms with E-state index in [1.807, 2.05) is 35.9 Å². The summed E-state index contributed by atoms with van der Waals surface area (Å²) in [6, 6.07) is 7.46. The van der Waals surface area contributed by atoms with E-state index < -0.39 is 5.97 Å². The van der Waals surface area contributed by atoms with Gasteiger partial charge in [-0.1, -0.05) is 23.7 Å². The van der Waals surface area contributed by atoms with Crippen LogP contribution in [0.4, 0.5) is 0 Å². The molecule has 1 aromatic carbocycles. The van der Waals surface area contributed by atoms with E-state index in [-0.39, 0.29) is 6.42 Å². The molecule has 0 saturated carbocycles. The van der Waals surface area contributed by atoms with Gasteiger partial charge >= 0.3 is 5.97 Å². The van der Waals surface area contributed by atoms with Crippen LogP contribution in [0, 0.1) is 0 Å². The van der Waals surface area contributed by atoms with Crippen molar-refractivity contribution in [2.45, 2.75) is 12.8 Å². The summed E-state index contributed by atoms with van der Waals surface area (Å²) in [5.74, 6) is -0.0588. The lowest BCUT2D eigenvalue weighted by molar-refractivity contribution is -0.136. The molecule has 0 bridgehead atoms. The topological polar surface area (TPSA) is 55.1 Å². The number of carboxylic acids is 1. The molecular formula is C13H13ClN2O2. The first kappa shape index (κ1) is 12.6. The number of imidazole rings is 1. The van der Waals surface area contributed by atoms with Crippen molar-refractivity contribution < 1.29 is 9.90 Å². The van der Waals surface area contributed by atoms with E-state index in [2.05, 4.69) is 4.98 Å². The van der Waals surface area contributed by atoms with Gasteiger partial charge < -0.3 is 9.67 Å². The summed E-state index contributed by atoms with van der Waals surface area (Å²) in [6.07, 6.45) is 2.26. The summed E-state index contributed by atoms with van der Waals surface area (Å²) in [6.45, 7) is 0. The second-order valence-corrected chi connectivity index (χ2v) is 4.41. The van der Waals surface area contributed by atoms with Crippen LogP contribution in [0.5, 0.6) is 0 Å². The van der Waals surface area contributed by atoms with Gasteiger partial charge in [0.2, 0.25) is 0 Å². The van der Waals surface area contributed by atoms with Crippen molar-refractivity contribution in [2.75, 3.05) is 0 Å². The molecule has 4 nitrogen and oxygen atoms in total. The van der Waals surface area contributed by atoms with Gasteiger partial charge in [0.25, 0.3) is 0 Å². The van der Waals surface area contributed by atoms with E-state index >= 15 is 0 Å². The minimum atomic E-state index is -0.810. The largest absolute Gasteiger partial charge is 0.481 e. The molecule has 0 radical (unpaired) electrons. The summed E-state index contributed by atoms with van der Waals surface area (Å²) in [7, 11) is 1.86. The molecule has 1 heterocycles. The third kappa shape index (κ3) is 2.54. The van der Waals surface area contributed by atoms with Gasteiger partial charge in [0.15, 0.2) is 0 Å². The van der Waals surface area contributed by atoms with Gasteiger partial charge in [0, 0.05) is 24.5 Å². The Morgan fingerprint density at radius 2 is 2.17 bits per heavy atom. The number of carbonyl (C=O) groups is 1. The van der Waals surface area contributed by atoms with Crippen molar-refractivity contribution in [2.24, 2.45) is 7.05 Å². The molecule has 0 aliphatic rings. The second kappa shape index (κ2) is 5.23. The van der Waals surface area contributed by atoms with Crippen LogP contribution in [0.3, 0.4) is 0 Å². The van der Waals surface area contributed by atoms with Crippen molar-refractivity contribution in [3.05, 3.63) is 41.2 Å². The number of aromatic nitrogens is 2. The molecule has 0 amide bonds. The lowest BCUT2D eigenvalue weighted by atomic mass is 10.2. The maximum Gasteiger partial charge on any atom is 0.303 e. The number of benzene rings is 1. The van der Waals surface area contributed by atoms with Gasteiger partial charge in [-0.25, -0.2) is 4.98 Å². The average Bonchev–Trinajstić information content (AvgIpc) is 2.69. The number of halogens is 1. The summed E-state index contributed by atoms with van der Waals surface area (Å²) >= 11 is 6.12. The van der Waals surface area contributed by atoms with Crippen LogP contribution in [0.15, 0.2) is 30.5 Å². The molecule has 0 aliphatic carbocycles. The normalized spacial score (nSPS) is 10.6. The first-order valence-electron chi connectivity index (χ1n) is 5.57. The van der Waals surface area contributed by atoms with E-state index in [0.717, 1.165) is 17.1 Å². The lowest BCUT2D eigenvalue weighted by Gasteiger charge is -2.06. The Morgan fingerprint density at radius 3 is 2.83 bits per heavy atom. The van der Waals surface area contributed by atoms with Gasteiger partial charge in [0.05, 0.1) is 11.4 Å². The highest BCUT2D eigenvalue weighted by Crippen LogP contribution is 2.26. The molecule has 0 spiro atoms. The van der Waals surface area contributed by atoms with E-state index in [1.165, 1.54) is 0 Å². The Balaban J connectivity index is 2.31. The Hall–Kier alpha value is -1.81. The van der Waals surface area contributed by atoms with Crippen LogP contribution < -0.4 is 0 Å². The van der Waals surface area contributed by atoms with Gasteiger partial charge in [-0.15, -0.1) is 0 Å². The minimum Gasteiger partial charge on any atom is -0.481 e. The second-order valence-electron chi connectivity index (χ2n) is 4.01. The zero-order valence-corrected chi connectivity index (χ0v) is 10.7. The van der Waals surface area contributed by atoms with Crippen LogP contribution in [0.25, 0.3) is 11.4 Å². The summed E-state index contributed by atoms with van der Waals surface area (Å²) < 4.78 is 1.88. The molecule has 0 atom stereocenters. The molecule has 0 fully saturated rings. The zero-order valence-electron chi connectivity index (χ0n) is 9.93. The molecule has 0 saturated heterocycles. The average molecular weight is 265 g/mol. The predicted molar refractivity (Wildman–Crippen MR) is 69.6 cm³/mol. The molecule has 0 aliphatic heterocycles. The van der Waals surface area contributed by atoms with Crippen LogP contribution in [-0.4, -0.2) is 20.6 Å². The molecule has 2 rings (SSSR count). The number of aryl methyl sites for hydroxylation is 1. The monoisotopic (exact) mass is 264 g/mol. The van der Waals surface area contributed by atoms with Gasteiger partial charge in [-0.2, -0.15) is 0 Å². The highest BCUT2D eigenvalue weighted by Gasteiger charge is 2.12. The quantitative estimate of drug-likeness (QED) is 0.924. The molecule has 94 valence electrons. The van der Waals surface area contributed by atoms with Crippen LogP contribution in [0.1, 0.15) is 12.1 Å². The van der Waals surface area contributed by atoms with Crippen LogP contribution >= 0.6 is 11.6 Å². The third-order valence-electron chi connectivity index (χ3n) is 2.79. The van der Waals surface area contributed by atoms with E-state index in [1.54, 1.807) is 6.20 Å². The number of nitrogens with zero attached hydrogens (tertiary/aromatic N) is 2. The molecular weight excluding hydrogens is 252 g/mol. The van der Waals surface area contributed by atoms with Crippen LogP contribution in [0.2, 0.25) is 5.02 Å². The van der Waals surface area contributed by atoms with E-state index in [0.29, 0.717) is 11.4 Å². The Morgan fingerprint density at radius 1 is 1.44 bits per heavy atom. The molecule has 5 heteroatoms. The molecule has 18 heavy (non-hydrogen) atoms. The van der Waals surface area contributed by atoms with Gasteiger partial charge in [-0.05, 0) is 18.6 Å². The van der Waals surface area contributed by atoms with Gasteiger partial charge in [-0.3, -0.25) is 4.79 Å². The third-order valence-corrected chi connectivity index (χ3v) is 3.12. The first-order chi connectivity index (χ1) is 8.59. The molecule has 1 aromatic heterocycles. The number of hydrogen-bond acceptors (Lipinski definition) is 2. The van der Waals surface area contributed by atoms with Crippen molar-refractivity contribution in [3.63, 3.8) is 0 Å². The van der Waals surface area contributed by atoms with Crippen molar-refractivity contribution >= 4 is 17.6 Å². The maximum atomic E-state index is 10.6. The Bertz CT molecular complexity index is 578. The summed E-state index contributed by atoms with van der Waals surface area (Å²) in [5.41, 5.74) is 1.73. The lowest BCUT2D eigenvalue weighted by Crippen LogP contribution is -2.03. The highest BCUT2D eigenvalue weighted by atomic mass is 35.5. The molecule has 1 N–H and O–H groups in total. The van der Waals surface area contributed by atoms with Crippen molar-refractivity contribution in [1.29, 1.82) is 0 Å². The molecule has 2 aromatic rings. The molecule has 0 unspecified atom stereocenters. The van der Waals surface area contributed by atoms with Crippen molar-refractivity contribution in [3.8, 4) is 11.4 Å². The fourth-order valence-corrected chi connectivity index (χ4v) is 2.03. The predicted octanol–water partition coefficient (Wildman–Crippen LogP) is 2.76. The number of hydrogen-bond donors (Lipinski definition) is 1. The standard InChI is InChI=1S/C13H13ClN2O2/c1-16-9(6-7-12(17)18)8-15-13(16)10-4-2-3-5-11(10)14/h2-5,8H,6-7H2,1H3,(H,17,18). The fraction of sp³-hybridized carbons (Fsp3) is 0.231. The zero-order chi connectivity index (χ0) is 13.1. The fourth-order valence-electron chi connectivity index (χ4n) is 1.80. The van der Waals surface area contributed by atoms with E-state index in [9.17, 15) is 4.79 Å². The first-order valence-corrected chi connectivity index (χ1v) is 5.94. The van der Waals surface area contributed by atoms with E-state index in [4.69, 9.17) is 16.7 Å². The Labute approximate surface area is 110 Å². The summed E-state index contributed by atoms with van der Waals surface area (Å²) in [5, 5.41) is 9.32. The van der Waals surface area contributed by atoms with Crippen molar-refractivity contribution in [1.82, 2.24) is 9.55 Å². The highest BCUT2D eigenvalue weighted by molar-refractivity contribution is 6.33. The number of carboxylic acid groups (broad SMARTS) is 1. The SMILES string of the molecule is Cn1c(CCC(=O)O)cnc1-c1ccccc1Cl. The smallest absolute Gasteiger partial charge is 0.303 e. The van der Waals surface area contributed by atoms with Gasteiger partial charge in [0.1, 0.15) is 5.82 Å². The minimum absolute atomic E-state index is 0.0987. The van der Waals surface area contributed by atoms with Crippen LogP contribution in [-0.2, 0) is 18.3 Å². The number of aliphatic carboxylic acids is 1. The number of rotatable bonds is 4. The summed E-state index contributed by atoms with van der Waals surface area (Å²) in [4.78, 5) is 14.9.